The Balaban J connectivity index is 1.39. The molecule has 0 amide bonds. The van der Waals surface area contributed by atoms with Crippen LogP contribution in [0.5, 0.6) is 0 Å². The van der Waals surface area contributed by atoms with Gasteiger partial charge in [-0.05, 0) is 145 Å². The molecule has 0 N–H and O–H groups in total. The van der Waals surface area contributed by atoms with E-state index in [2.05, 4.69) is 272 Å². The zero-order valence-electron chi connectivity index (χ0n) is 49.4. The van der Waals surface area contributed by atoms with Crippen molar-refractivity contribution < 1.29 is 0 Å². The molecule has 0 saturated carbocycles. The molecule has 0 aliphatic heterocycles. The minimum absolute atomic E-state index is 0.0701. The Morgan fingerprint density at radius 3 is 0.872 bits per heavy atom. The van der Waals surface area contributed by atoms with Gasteiger partial charge < -0.3 is 13.7 Å². The van der Waals surface area contributed by atoms with Crippen LogP contribution in [-0.2, 0) is 32.5 Å². The van der Waals surface area contributed by atoms with Gasteiger partial charge in [-0.15, -0.1) is 11.3 Å². The van der Waals surface area contributed by atoms with E-state index < -0.39 is 0 Å². The average Bonchev–Trinajstić information content (AvgIpc) is 3.57. The molecule has 0 spiro atoms. The molecule has 4 nitrogen and oxygen atoms in total. The normalized spacial score (nSPS) is 13.5. The topological polar surface area (TPSA) is 19.1 Å². The SMILES string of the molecule is [C-]#[N+]c1c(-n2c3ccc(C(C)(C)C)cc3c3cc(C(C)(C)C)ccc32)c(-n2c3ccc(C(C)(C)C)cc3c3cc(C(C)(C)C)ccc32)c2c(sc3ccccc32)c1-n1c2ccc(C(C)(C)C)cc2c2cc(C(C)(C)C)ccc21. The Labute approximate surface area is 466 Å². The summed E-state index contributed by atoms with van der Waals surface area (Å²) in [5, 5.41) is 9.54. The van der Waals surface area contributed by atoms with Crippen LogP contribution in [-0.4, -0.2) is 13.7 Å². The summed E-state index contributed by atoms with van der Waals surface area (Å²) in [6, 6.07) is 51.7. The number of thiophene rings is 1. The lowest BCUT2D eigenvalue weighted by Crippen LogP contribution is -2.11. The van der Waals surface area contributed by atoms with Gasteiger partial charge in [-0.1, -0.05) is 179 Å². The van der Waals surface area contributed by atoms with Crippen LogP contribution in [0.1, 0.15) is 158 Å². The van der Waals surface area contributed by atoms with Crippen LogP contribution in [0.3, 0.4) is 0 Å². The molecule has 4 heterocycles. The number of hydrogen-bond donors (Lipinski definition) is 0. The maximum atomic E-state index is 9.97. The van der Waals surface area contributed by atoms with E-state index in [0.717, 1.165) is 60.2 Å². The molecular formula is C73H76N4S. The highest BCUT2D eigenvalue weighted by Gasteiger charge is 2.34. The van der Waals surface area contributed by atoms with Crippen LogP contribution in [0, 0.1) is 6.57 Å². The fourth-order valence-corrected chi connectivity index (χ4v) is 13.5. The van der Waals surface area contributed by atoms with Crippen molar-refractivity contribution in [3.05, 3.63) is 178 Å². The van der Waals surface area contributed by atoms with Gasteiger partial charge in [0, 0.05) is 47.8 Å². The molecule has 0 aliphatic carbocycles. The minimum Gasteiger partial charge on any atom is -0.317 e. The second kappa shape index (κ2) is 16.9. The lowest BCUT2D eigenvalue weighted by atomic mass is 9.85. The second-order valence-corrected chi connectivity index (χ2v) is 29.8. The monoisotopic (exact) mass is 1040 g/mol. The fraction of sp³-hybridized carbons (Fsp3) is 0.329. The molecule has 0 bridgehead atoms. The van der Waals surface area contributed by atoms with Gasteiger partial charge in [0.1, 0.15) is 0 Å². The largest absolute Gasteiger partial charge is 0.317 e. The van der Waals surface area contributed by atoms with Crippen molar-refractivity contribution in [2.75, 3.05) is 0 Å². The summed E-state index contributed by atoms with van der Waals surface area (Å²) in [7, 11) is 0. The molecule has 0 fully saturated rings. The minimum atomic E-state index is -0.0875. The van der Waals surface area contributed by atoms with Crippen molar-refractivity contribution in [1.82, 2.24) is 13.7 Å². The van der Waals surface area contributed by atoms with Gasteiger partial charge in [0.15, 0.2) is 0 Å². The van der Waals surface area contributed by atoms with E-state index in [1.807, 2.05) is 11.3 Å². The molecule has 0 radical (unpaired) electrons. The molecule has 8 aromatic carbocycles. The van der Waals surface area contributed by atoms with Gasteiger partial charge in [0.05, 0.1) is 61.4 Å². The number of nitrogens with zero attached hydrogens (tertiary/aromatic N) is 4. The number of rotatable bonds is 3. The van der Waals surface area contributed by atoms with E-state index in [1.165, 1.54) is 75.8 Å². The van der Waals surface area contributed by atoms with Crippen LogP contribution < -0.4 is 0 Å². The van der Waals surface area contributed by atoms with Crippen LogP contribution in [0.25, 0.3) is 107 Å². The molecule has 0 aliphatic rings. The first-order valence-corrected chi connectivity index (χ1v) is 28.9. The molecular weight excluding hydrogens is 965 g/mol. The van der Waals surface area contributed by atoms with Crippen molar-refractivity contribution in [2.45, 2.75) is 157 Å². The van der Waals surface area contributed by atoms with E-state index in [0.29, 0.717) is 5.69 Å². The summed E-state index contributed by atoms with van der Waals surface area (Å²) in [6.45, 7) is 51.5. The van der Waals surface area contributed by atoms with E-state index in [9.17, 15) is 6.57 Å². The van der Waals surface area contributed by atoms with E-state index in [1.54, 1.807) is 0 Å². The third-order valence-corrected chi connectivity index (χ3v) is 18.2. The summed E-state index contributed by atoms with van der Waals surface area (Å²) in [5.41, 5.74) is 17.3. The zero-order chi connectivity index (χ0) is 55.7. The van der Waals surface area contributed by atoms with Crippen LogP contribution in [0.15, 0.2) is 133 Å². The number of benzene rings is 8. The summed E-state index contributed by atoms with van der Waals surface area (Å²) in [4.78, 5) is 4.98. The molecule has 0 atom stereocenters. The third-order valence-electron chi connectivity index (χ3n) is 17.0. The first-order valence-electron chi connectivity index (χ1n) is 28.1. The van der Waals surface area contributed by atoms with Gasteiger partial charge in [-0.2, -0.15) is 0 Å². The Hall–Kier alpha value is -7.13. The predicted octanol–water partition coefficient (Wildman–Crippen LogP) is 21.7. The highest BCUT2D eigenvalue weighted by molar-refractivity contribution is 7.26. The van der Waals surface area contributed by atoms with Crippen LogP contribution in [0.2, 0.25) is 0 Å². The molecule has 4 aromatic heterocycles. The maximum Gasteiger partial charge on any atom is 0.237 e. The van der Waals surface area contributed by atoms with Gasteiger partial charge in [-0.25, -0.2) is 4.85 Å². The summed E-state index contributed by atoms with van der Waals surface area (Å²) < 4.78 is 9.81. The first-order chi connectivity index (χ1) is 36.4. The van der Waals surface area contributed by atoms with Crippen molar-refractivity contribution >= 4 is 103 Å². The number of fused-ring (bicyclic) bond motifs is 12. The average molecular weight is 1040 g/mol. The van der Waals surface area contributed by atoms with Crippen LogP contribution in [0.4, 0.5) is 5.69 Å². The lowest BCUT2D eigenvalue weighted by Gasteiger charge is -2.25. The van der Waals surface area contributed by atoms with Crippen molar-refractivity contribution in [3.8, 4) is 17.1 Å². The number of aromatic nitrogens is 3. The van der Waals surface area contributed by atoms with Crippen molar-refractivity contribution in [1.29, 1.82) is 0 Å². The Morgan fingerprint density at radius 1 is 0.321 bits per heavy atom. The van der Waals surface area contributed by atoms with E-state index in [4.69, 9.17) is 4.85 Å². The van der Waals surface area contributed by atoms with Gasteiger partial charge in [0.2, 0.25) is 5.69 Å². The standard InChI is InChI=1S/C73H76N4S/c1-68(2,3)42-24-30-55-49(36-42)50-37-43(69(4,5)6)25-31-56(50)75(55)64-62-48-22-20-21-23-61(48)78-67(62)66(77-59-34-28-46(72(13,14)15)40-53(59)54-41-47(73(16,17)18)29-35-60(54)77)63(74-19)65(64)76-57-32-26-44(70(7,8)9)38-51(57)52-39-45(71(10,11)12)27-33-58(52)76/h20-41H,1-18H3. The Morgan fingerprint density at radius 2 is 0.590 bits per heavy atom. The highest BCUT2D eigenvalue weighted by atomic mass is 32.1. The number of hydrogen-bond acceptors (Lipinski definition) is 1. The molecule has 12 rings (SSSR count). The second-order valence-electron chi connectivity index (χ2n) is 28.7. The molecule has 0 saturated heterocycles. The lowest BCUT2D eigenvalue weighted by molar-refractivity contribution is 0.590. The Kier molecular flexibility index (Phi) is 11.2. The summed E-state index contributed by atoms with van der Waals surface area (Å²) >= 11 is 1.82. The highest BCUT2D eigenvalue weighted by Crippen LogP contribution is 2.55. The zero-order valence-corrected chi connectivity index (χ0v) is 50.2. The predicted molar refractivity (Wildman–Crippen MR) is 341 cm³/mol. The fourth-order valence-electron chi connectivity index (χ4n) is 12.2. The van der Waals surface area contributed by atoms with Crippen molar-refractivity contribution in [3.63, 3.8) is 0 Å². The van der Waals surface area contributed by atoms with E-state index in [-0.39, 0.29) is 32.5 Å². The van der Waals surface area contributed by atoms with E-state index >= 15 is 0 Å². The van der Waals surface area contributed by atoms with Gasteiger partial charge >= 0.3 is 0 Å². The first kappa shape index (κ1) is 51.6. The van der Waals surface area contributed by atoms with Gasteiger partial charge in [0.25, 0.3) is 0 Å². The molecule has 0 unspecified atom stereocenters. The van der Waals surface area contributed by atoms with Crippen LogP contribution >= 0.6 is 11.3 Å². The smallest absolute Gasteiger partial charge is 0.237 e. The van der Waals surface area contributed by atoms with Gasteiger partial charge in [-0.3, -0.25) is 0 Å². The molecule has 394 valence electrons. The summed E-state index contributed by atoms with van der Waals surface area (Å²) in [6.07, 6.45) is 0. The molecule has 12 aromatic rings. The quantitative estimate of drug-likeness (QED) is 0.157. The van der Waals surface area contributed by atoms with Crippen molar-refractivity contribution in [2.24, 2.45) is 0 Å². The maximum absolute atomic E-state index is 9.97. The summed E-state index contributed by atoms with van der Waals surface area (Å²) in [5.74, 6) is 0. The molecule has 78 heavy (non-hydrogen) atoms. The molecule has 5 heteroatoms. The third kappa shape index (κ3) is 7.94. The Bertz CT molecular complexity index is 4330.